The van der Waals surface area contributed by atoms with E-state index >= 15 is 0 Å². The lowest BCUT2D eigenvalue weighted by Gasteiger charge is -2.32. The Morgan fingerprint density at radius 1 is 1.22 bits per heavy atom. The molecule has 0 saturated carbocycles. The van der Waals surface area contributed by atoms with Gasteiger partial charge in [-0.3, -0.25) is 14.9 Å². The number of hydrogen-bond acceptors (Lipinski definition) is 5. The molecule has 5 heteroatoms. The van der Waals surface area contributed by atoms with Crippen molar-refractivity contribution in [1.29, 1.82) is 0 Å². The van der Waals surface area contributed by atoms with Gasteiger partial charge in [0.15, 0.2) is 0 Å². The van der Waals surface area contributed by atoms with Crippen LogP contribution in [0.15, 0.2) is 30.7 Å². The Balaban J connectivity index is 1.60. The SMILES string of the molecule is CNc1nccnc1C[C@@H]1CCCN(Cc2ccc(C)nc2)C1. The molecule has 0 unspecified atom stereocenters. The van der Waals surface area contributed by atoms with Gasteiger partial charge in [0.25, 0.3) is 0 Å². The number of pyridine rings is 1. The molecule has 0 aliphatic carbocycles. The van der Waals surface area contributed by atoms with Gasteiger partial charge in [-0.1, -0.05) is 6.07 Å². The number of rotatable bonds is 5. The smallest absolute Gasteiger partial charge is 0.147 e. The van der Waals surface area contributed by atoms with Crippen molar-refractivity contribution < 1.29 is 0 Å². The van der Waals surface area contributed by atoms with Crippen molar-refractivity contribution in [3.63, 3.8) is 0 Å². The molecule has 0 radical (unpaired) electrons. The molecule has 3 rings (SSSR count). The third-order valence-electron chi connectivity index (χ3n) is 4.47. The highest BCUT2D eigenvalue weighted by Gasteiger charge is 2.22. The maximum absolute atomic E-state index is 4.51. The normalized spacial score (nSPS) is 18.8. The maximum Gasteiger partial charge on any atom is 0.147 e. The van der Waals surface area contributed by atoms with Crippen LogP contribution >= 0.6 is 0 Å². The van der Waals surface area contributed by atoms with Crippen molar-refractivity contribution in [3.8, 4) is 0 Å². The van der Waals surface area contributed by atoms with Crippen LogP contribution in [-0.2, 0) is 13.0 Å². The van der Waals surface area contributed by atoms with Gasteiger partial charge in [0, 0.05) is 44.4 Å². The summed E-state index contributed by atoms with van der Waals surface area (Å²) in [6.07, 6.45) is 9.04. The molecule has 122 valence electrons. The summed E-state index contributed by atoms with van der Waals surface area (Å²) in [4.78, 5) is 15.8. The van der Waals surface area contributed by atoms with Gasteiger partial charge in [-0.2, -0.15) is 0 Å². The number of nitrogens with one attached hydrogen (secondary N) is 1. The first kappa shape index (κ1) is 15.9. The fourth-order valence-corrected chi connectivity index (χ4v) is 3.31. The van der Waals surface area contributed by atoms with Gasteiger partial charge in [0.05, 0.1) is 5.69 Å². The molecule has 1 fully saturated rings. The van der Waals surface area contributed by atoms with Crippen LogP contribution in [0.25, 0.3) is 0 Å². The zero-order valence-electron chi connectivity index (χ0n) is 14.0. The molecule has 1 aliphatic heterocycles. The minimum atomic E-state index is 0.644. The number of aromatic nitrogens is 3. The van der Waals surface area contributed by atoms with Crippen LogP contribution in [0.5, 0.6) is 0 Å². The van der Waals surface area contributed by atoms with E-state index in [0.29, 0.717) is 5.92 Å². The summed E-state index contributed by atoms with van der Waals surface area (Å²) in [6, 6.07) is 4.28. The van der Waals surface area contributed by atoms with E-state index in [9.17, 15) is 0 Å². The van der Waals surface area contributed by atoms with E-state index in [1.807, 2.05) is 20.2 Å². The highest BCUT2D eigenvalue weighted by Crippen LogP contribution is 2.23. The second kappa shape index (κ2) is 7.51. The molecule has 23 heavy (non-hydrogen) atoms. The Morgan fingerprint density at radius 3 is 2.87 bits per heavy atom. The molecule has 5 nitrogen and oxygen atoms in total. The minimum Gasteiger partial charge on any atom is -0.372 e. The van der Waals surface area contributed by atoms with Crippen LogP contribution in [0.3, 0.4) is 0 Å². The van der Waals surface area contributed by atoms with Gasteiger partial charge in [-0.25, -0.2) is 4.98 Å². The highest BCUT2D eigenvalue weighted by molar-refractivity contribution is 5.38. The van der Waals surface area contributed by atoms with Gasteiger partial charge in [-0.05, 0) is 50.3 Å². The number of nitrogens with zero attached hydrogens (tertiary/aromatic N) is 4. The van der Waals surface area contributed by atoms with Crippen LogP contribution in [-0.4, -0.2) is 40.0 Å². The molecule has 0 spiro atoms. The van der Waals surface area contributed by atoms with Crippen LogP contribution in [0.1, 0.15) is 29.8 Å². The van der Waals surface area contributed by atoms with Crippen LogP contribution in [0.2, 0.25) is 0 Å². The second-order valence-corrected chi connectivity index (χ2v) is 6.36. The zero-order valence-corrected chi connectivity index (χ0v) is 14.0. The van der Waals surface area contributed by atoms with Crippen LogP contribution in [0.4, 0.5) is 5.82 Å². The Hall–Kier alpha value is -2.01. The molecule has 1 saturated heterocycles. The molecule has 0 amide bonds. The fraction of sp³-hybridized carbons (Fsp3) is 0.500. The third kappa shape index (κ3) is 4.26. The predicted octanol–water partition coefficient (Wildman–Crippen LogP) is 2.68. The Morgan fingerprint density at radius 2 is 2.09 bits per heavy atom. The molecule has 1 aliphatic rings. The van der Waals surface area contributed by atoms with Gasteiger partial charge >= 0.3 is 0 Å². The largest absolute Gasteiger partial charge is 0.372 e. The van der Waals surface area contributed by atoms with E-state index in [1.165, 1.54) is 24.9 Å². The molecule has 1 atom stereocenters. The first-order valence-corrected chi connectivity index (χ1v) is 8.36. The molecule has 0 aromatic carbocycles. The van der Waals surface area contributed by atoms with Crippen molar-refractivity contribution in [2.75, 3.05) is 25.5 Å². The Labute approximate surface area is 138 Å². The van der Waals surface area contributed by atoms with Crippen molar-refractivity contribution in [2.24, 2.45) is 5.92 Å². The highest BCUT2D eigenvalue weighted by atomic mass is 15.1. The summed E-state index contributed by atoms with van der Waals surface area (Å²) in [5, 5.41) is 3.15. The van der Waals surface area contributed by atoms with Gasteiger partial charge in [0.1, 0.15) is 5.82 Å². The minimum absolute atomic E-state index is 0.644. The van der Waals surface area contributed by atoms with E-state index in [-0.39, 0.29) is 0 Å². The second-order valence-electron chi connectivity index (χ2n) is 6.36. The van der Waals surface area contributed by atoms with Crippen LogP contribution in [0, 0.1) is 12.8 Å². The number of piperidine rings is 1. The van der Waals surface area contributed by atoms with Gasteiger partial charge in [0.2, 0.25) is 0 Å². The number of anilines is 1. The zero-order chi connectivity index (χ0) is 16.1. The van der Waals surface area contributed by atoms with E-state index in [0.717, 1.165) is 36.7 Å². The van der Waals surface area contributed by atoms with E-state index in [4.69, 9.17) is 0 Å². The summed E-state index contributed by atoms with van der Waals surface area (Å²) in [5.41, 5.74) is 3.46. The molecular weight excluding hydrogens is 286 g/mol. The van der Waals surface area contributed by atoms with Crippen molar-refractivity contribution in [2.45, 2.75) is 32.7 Å². The predicted molar refractivity (Wildman–Crippen MR) is 92.3 cm³/mol. The van der Waals surface area contributed by atoms with E-state index in [1.54, 1.807) is 12.4 Å². The molecule has 2 aromatic heterocycles. The van der Waals surface area contributed by atoms with Crippen molar-refractivity contribution in [3.05, 3.63) is 47.7 Å². The fourth-order valence-electron chi connectivity index (χ4n) is 3.31. The van der Waals surface area contributed by atoms with Gasteiger partial charge < -0.3 is 5.32 Å². The Bertz CT molecular complexity index is 626. The van der Waals surface area contributed by atoms with Crippen molar-refractivity contribution >= 4 is 5.82 Å². The van der Waals surface area contributed by atoms with E-state index in [2.05, 4.69) is 37.3 Å². The summed E-state index contributed by atoms with van der Waals surface area (Å²) < 4.78 is 0. The van der Waals surface area contributed by atoms with Crippen LogP contribution < -0.4 is 5.32 Å². The summed E-state index contributed by atoms with van der Waals surface area (Å²) in [5.74, 6) is 1.55. The lowest BCUT2D eigenvalue weighted by molar-refractivity contribution is 0.166. The first-order chi connectivity index (χ1) is 11.2. The lowest BCUT2D eigenvalue weighted by atomic mass is 9.93. The van der Waals surface area contributed by atoms with E-state index < -0.39 is 0 Å². The molecule has 0 bridgehead atoms. The summed E-state index contributed by atoms with van der Waals surface area (Å²) in [6.45, 7) is 5.31. The Kier molecular flexibility index (Phi) is 5.18. The molecule has 3 heterocycles. The number of likely N-dealkylation sites (tertiary alicyclic amines) is 1. The average Bonchev–Trinajstić information content (AvgIpc) is 2.58. The lowest BCUT2D eigenvalue weighted by Crippen LogP contribution is -2.36. The first-order valence-electron chi connectivity index (χ1n) is 8.36. The quantitative estimate of drug-likeness (QED) is 0.920. The molecule has 2 aromatic rings. The third-order valence-corrected chi connectivity index (χ3v) is 4.47. The van der Waals surface area contributed by atoms with Crippen molar-refractivity contribution in [1.82, 2.24) is 19.9 Å². The topological polar surface area (TPSA) is 53.9 Å². The number of aryl methyl sites for hydroxylation is 1. The molecule has 1 N–H and O–H groups in total. The maximum atomic E-state index is 4.51. The molecular formula is C18H25N5. The summed E-state index contributed by atoms with van der Waals surface area (Å²) in [7, 11) is 1.91. The monoisotopic (exact) mass is 311 g/mol. The average molecular weight is 311 g/mol. The van der Waals surface area contributed by atoms with Gasteiger partial charge in [-0.15, -0.1) is 0 Å². The summed E-state index contributed by atoms with van der Waals surface area (Å²) >= 11 is 0. The number of hydrogen-bond donors (Lipinski definition) is 1. The standard InChI is InChI=1S/C18H25N5/c1-14-5-6-16(11-22-14)13-23-9-3-4-15(12-23)10-17-18(19-2)21-8-7-20-17/h5-8,11,15H,3-4,9-10,12-13H2,1-2H3,(H,19,21)/t15-/m0/s1.